The Morgan fingerprint density at radius 3 is 2.68 bits per heavy atom. The van der Waals surface area contributed by atoms with Gasteiger partial charge in [0.1, 0.15) is 49.9 Å². The number of anilines is 1. The van der Waals surface area contributed by atoms with E-state index in [0.717, 1.165) is 55.6 Å². The molecule has 1 aliphatic rings. The van der Waals surface area contributed by atoms with Crippen molar-refractivity contribution in [2.24, 2.45) is 0 Å². The number of amides is 1. The second kappa shape index (κ2) is 8.13. The molecule has 0 bridgehead atoms. The highest BCUT2D eigenvalue weighted by atomic mass is 16.5. The largest absolute Gasteiger partial charge is 0.497 e. The van der Waals surface area contributed by atoms with Gasteiger partial charge < -0.3 is 24.4 Å². The smallest absolute Gasteiger partial charge is 0.279 e. The summed E-state index contributed by atoms with van der Waals surface area (Å²) in [6.07, 6.45) is 0. The molecular weight excluding hydrogens is 320 g/mol. The predicted octanol–water partition coefficient (Wildman–Crippen LogP) is -1.09. The number of carbonyl (C=O) groups is 1. The van der Waals surface area contributed by atoms with Gasteiger partial charge in [0, 0.05) is 17.8 Å². The Labute approximate surface area is 147 Å². The van der Waals surface area contributed by atoms with Gasteiger partial charge in [0.05, 0.1) is 7.11 Å². The first-order valence-corrected chi connectivity index (χ1v) is 8.65. The molecule has 1 aromatic carbocycles. The molecule has 0 radical (unpaired) electrons. The van der Waals surface area contributed by atoms with E-state index in [-0.39, 0.29) is 5.91 Å². The van der Waals surface area contributed by atoms with Crippen LogP contribution >= 0.6 is 0 Å². The van der Waals surface area contributed by atoms with Gasteiger partial charge in [0.25, 0.3) is 5.91 Å². The zero-order valence-electron chi connectivity index (χ0n) is 14.8. The van der Waals surface area contributed by atoms with E-state index in [9.17, 15) is 4.79 Å². The molecule has 0 unspecified atom stereocenters. The number of ether oxygens (including phenoxy) is 1. The van der Waals surface area contributed by atoms with Crippen LogP contribution in [-0.2, 0) is 11.3 Å². The summed E-state index contributed by atoms with van der Waals surface area (Å²) in [6, 6.07) is 9.43. The van der Waals surface area contributed by atoms with E-state index >= 15 is 0 Å². The third kappa shape index (κ3) is 5.04. The van der Waals surface area contributed by atoms with Crippen molar-refractivity contribution < 1.29 is 23.9 Å². The molecule has 25 heavy (non-hydrogen) atoms. The molecule has 0 spiro atoms. The molecule has 0 aliphatic carbocycles. The number of quaternary nitrogens is 2. The zero-order chi connectivity index (χ0) is 17.6. The minimum atomic E-state index is 0.0406. The summed E-state index contributed by atoms with van der Waals surface area (Å²) in [5.41, 5.74) is 1.78. The molecule has 0 atom stereocenters. The van der Waals surface area contributed by atoms with Gasteiger partial charge in [-0.3, -0.25) is 4.79 Å². The summed E-state index contributed by atoms with van der Waals surface area (Å²) in [5.74, 6) is 1.64. The number of carbonyl (C=O) groups excluding carboxylic acids is 1. The molecule has 3 N–H and O–H groups in total. The van der Waals surface area contributed by atoms with Crippen molar-refractivity contribution in [3.63, 3.8) is 0 Å². The van der Waals surface area contributed by atoms with Gasteiger partial charge in [0.2, 0.25) is 0 Å². The molecular formula is C18H26N4O3+2. The molecule has 2 heterocycles. The van der Waals surface area contributed by atoms with Crippen molar-refractivity contribution in [3.8, 4) is 5.75 Å². The van der Waals surface area contributed by atoms with E-state index in [2.05, 4.69) is 10.5 Å². The van der Waals surface area contributed by atoms with E-state index in [1.165, 1.54) is 9.80 Å². The summed E-state index contributed by atoms with van der Waals surface area (Å²) in [6.45, 7) is 7.33. The normalized spacial score (nSPS) is 20.2. The second-order valence-electron chi connectivity index (χ2n) is 6.56. The number of piperazine rings is 1. The van der Waals surface area contributed by atoms with E-state index < -0.39 is 0 Å². The monoisotopic (exact) mass is 346 g/mol. The quantitative estimate of drug-likeness (QED) is 0.622. The molecule has 1 aromatic heterocycles. The van der Waals surface area contributed by atoms with Gasteiger partial charge >= 0.3 is 0 Å². The lowest BCUT2D eigenvalue weighted by Gasteiger charge is -2.28. The fourth-order valence-electron chi connectivity index (χ4n) is 3.20. The van der Waals surface area contributed by atoms with Crippen LogP contribution in [0.25, 0.3) is 0 Å². The molecule has 1 saturated heterocycles. The van der Waals surface area contributed by atoms with E-state index in [1.807, 2.05) is 37.3 Å². The predicted molar refractivity (Wildman–Crippen MR) is 92.8 cm³/mol. The van der Waals surface area contributed by atoms with Crippen LogP contribution in [0.2, 0.25) is 0 Å². The van der Waals surface area contributed by atoms with Gasteiger partial charge in [-0.1, -0.05) is 11.2 Å². The number of methoxy groups -OCH3 is 1. The van der Waals surface area contributed by atoms with Crippen LogP contribution in [0.15, 0.2) is 34.9 Å². The highest BCUT2D eigenvalue weighted by Gasteiger charge is 2.25. The van der Waals surface area contributed by atoms with Gasteiger partial charge in [-0.2, -0.15) is 0 Å². The number of nitrogens with one attached hydrogen (secondary N) is 3. The molecule has 0 saturated carbocycles. The third-order valence-corrected chi connectivity index (χ3v) is 4.54. The van der Waals surface area contributed by atoms with Gasteiger partial charge in [-0.05, 0) is 19.1 Å². The highest BCUT2D eigenvalue weighted by molar-refractivity contribution is 5.91. The lowest BCUT2D eigenvalue weighted by atomic mass is 10.2. The van der Waals surface area contributed by atoms with Crippen molar-refractivity contribution in [3.05, 3.63) is 41.8 Å². The number of rotatable bonds is 6. The van der Waals surface area contributed by atoms with Crippen LogP contribution < -0.4 is 19.9 Å². The SMILES string of the molecule is COc1cccc(NC(=O)C[NH+]2CC[NH+](Cc3cc(C)on3)CC2)c1. The van der Waals surface area contributed by atoms with Crippen molar-refractivity contribution in [2.45, 2.75) is 13.5 Å². The van der Waals surface area contributed by atoms with E-state index in [1.54, 1.807) is 7.11 Å². The Bertz CT molecular complexity index is 708. The summed E-state index contributed by atoms with van der Waals surface area (Å²) >= 11 is 0. The number of hydrogen-bond donors (Lipinski definition) is 3. The first-order valence-electron chi connectivity index (χ1n) is 8.65. The average molecular weight is 346 g/mol. The lowest BCUT2D eigenvalue weighted by molar-refractivity contribution is -1.02. The number of aryl methyl sites for hydroxylation is 1. The second-order valence-corrected chi connectivity index (χ2v) is 6.56. The molecule has 1 aliphatic heterocycles. The number of hydrogen-bond acceptors (Lipinski definition) is 4. The van der Waals surface area contributed by atoms with E-state index in [0.29, 0.717) is 6.54 Å². The fraction of sp³-hybridized carbons (Fsp3) is 0.444. The van der Waals surface area contributed by atoms with Crippen LogP contribution in [0.4, 0.5) is 5.69 Å². The molecule has 7 nitrogen and oxygen atoms in total. The van der Waals surface area contributed by atoms with Crippen molar-refractivity contribution in [2.75, 3.05) is 45.2 Å². The maximum Gasteiger partial charge on any atom is 0.279 e. The van der Waals surface area contributed by atoms with Crippen molar-refractivity contribution in [1.82, 2.24) is 5.16 Å². The molecule has 134 valence electrons. The highest BCUT2D eigenvalue weighted by Crippen LogP contribution is 2.16. The van der Waals surface area contributed by atoms with Crippen LogP contribution in [0.3, 0.4) is 0 Å². The number of nitrogens with zero attached hydrogens (tertiary/aromatic N) is 1. The Morgan fingerprint density at radius 2 is 2.00 bits per heavy atom. The summed E-state index contributed by atoms with van der Waals surface area (Å²) < 4.78 is 10.3. The van der Waals surface area contributed by atoms with Crippen LogP contribution in [-0.4, -0.2) is 50.9 Å². The maximum absolute atomic E-state index is 12.3. The first kappa shape index (κ1) is 17.4. The fourth-order valence-corrected chi connectivity index (χ4v) is 3.20. The van der Waals surface area contributed by atoms with Gasteiger partial charge in [0.15, 0.2) is 6.54 Å². The van der Waals surface area contributed by atoms with Crippen molar-refractivity contribution >= 4 is 11.6 Å². The van der Waals surface area contributed by atoms with Gasteiger partial charge in [-0.25, -0.2) is 0 Å². The van der Waals surface area contributed by atoms with Crippen LogP contribution in [0.1, 0.15) is 11.5 Å². The molecule has 1 fully saturated rings. The maximum atomic E-state index is 12.3. The third-order valence-electron chi connectivity index (χ3n) is 4.54. The average Bonchev–Trinajstić information content (AvgIpc) is 3.01. The standard InChI is InChI=1S/C18H24N4O3/c1-14-10-16(20-25-14)12-21-6-8-22(9-7-21)13-18(23)19-15-4-3-5-17(11-15)24-2/h3-5,10-11H,6-9,12-13H2,1-2H3,(H,19,23)/p+2. The molecule has 3 rings (SSSR count). The molecule has 2 aromatic rings. The van der Waals surface area contributed by atoms with Crippen LogP contribution in [0, 0.1) is 6.92 Å². The first-order chi connectivity index (χ1) is 12.1. The minimum Gasteiger partial charge on any atom is -0.497 e. The molecule has 7 heteroatoms. The summed E-state index contributed by atoms with van der Waals surface area (Å²) in [4.78, 5) is 15.1. The molecule has 1 amide bonds. The Morgan fingerprint density at radius 1 is 1.24 bits per heavy atom. The van der Waals surface area contributed by atoms with Gasteiger partial charge in [-0.15, -0.1) is 0 Å². The Hall–Kier alpha value is -2.38. The summed E-state index contributed by atoms with van der Waals surface area (Å²) in [7, 11) is 1.62. The Kier molecular flexibility index (Phi) is 5.67. The van der Waals surface area contributed by atoms with E-state index in [4.69, 9.17) is 9.26 Å². The Balaban J connectivity index is 1.42. The van der Waals surface area contributed by atoms with Crippen molar-refractivity contribution in [1.29, 1.82) is 0 Å². The lowest BCUT2D eigenvalue weighted by Crippen LogP contribution is -3.28. The van der Waals surface area contributed by atoms with Crippen LogP contribution in [0.5, 0.6) is 5.75 Å². The topological polar surface area (TPSA) is 73.2 Å². The minimum absolute atomic E-state index is 0.0406. The number of aromatic nitrogens is 1. The summed E-state index contributed by atoms with van der Waals surface area (Å²) in [5, 5.41) is 7.01. The zero-order valence-corrected chi connectivity index (χ0v) is 14.8. The number of benzene rings is 1.